The molecule has 1 aromatic carbocycles. The molecule has 0 aliphatic rings. The van der Waals surface area contributed by atoms with Gasteiger partial charge in [-0.05, 0) is 12.5 Å². The molecule has 0 amide bonds. The van der Waals surface area contributed by atoms with Gasteiger partial charge in [0.05, 0.1) is 19.1 Å². The van der Waals surface area contributed by atoms with Gasteiger partial charge in [-0.3, -0.25) is 0 Å². The first kappa shape index (κ1) is 16.0. The van der Waals surface area contributed by atoms with Crippen LogP contribution < -0.4 is 0 Å². The van der Waals surface area contributed by atoms with Gasteiger partial charge in [-0.2, -0.15) is 0 Å². The summed E-state index contributed by atoms with van der Waals surface area (Å²) >= 11 is 5.81. The first-order valence-corrected chi connectivity index (χ1v) is 7.10. The first-order chi connectivity index (χ1) is 10.7. The van der Waals surface area contributed by atoms with Gasteiger partial charge in [0.1, 0.15) is 17.5 Å². The van der Waals surface area contributed by atoms with Crippen LogP contribution in [-0.4, -0.2) is 22.5 Å². The van der Waals surface area contributed by atoms with E-state index in [1.165, 1.54) is 18.5 Å². The van der Waals surface area contributed by atoms with Gasteiger partial charge in [-0.1, -0.05) is 41.9 Å². The van der Waals surface area contributed by atoms with Crippen LogP contribution >= 0.6 is 11.6 Å². The summed E-state index contributed by atoms with van der Waals surface area (Å²) in [5.74, 6) is -0.566. The van der Waals surface area contributed by atoms with Crippen LogP contribution in [0.3, 0.4) is 0 Å². The van der Waals surface area contributed by atoms with Gasteiger partial charge >= 0.3 is 5.97 Å². The summed E-state index contributed by atoms with van der Waals surface area (Å²) in [5, 5.41) is 0.191. The molecule has 1 heterocycles. The van der Waals surface area contributed by atoms with Crippen LogP contribution in [-0.2, 0) is 16.1 Å². The number of nitrogens with zero attached hydrogens (tertiary/aromatic N) is 2. The Kier molecular flexibility index (Phi) is 5.91. The Balaban J connectivity index is 2.11. The molecule has 0 N–H and O–H groups in total. The Morgan fingerprint density at radius 2 is 2.09 bits per heavy atom. The molecule has 2 aromatic rings. The highest BCUT2D eigenvalue weighted by Crippen LogP contribution is 2.13. The number of hydrogen-bond acceptors (Lipinski definition) is 5. The van der Waals surface area contributed by atoms with Crippen LogP contribution in [0.15, 0.2) is 42.8 Å². The Bertz CT molecular complexity index is 660. The van der Waals surface area contributed by atoms with E-state index in [1.807, 2.05) is 37.3 Å². The van der Waals surface area contributed by atoms with Crippen molar-refractivity contribution in [3.8, 4) is 0 Å². The SMILES string of the molecule is CCOC=Cc1nc(Cl)cnc1C(=O)OCc1ccccc1. The maximum absolute atomic E-state index is 12.1. The van der Waals surface area contributed by atoms with E-state index in [0.717, 1.165) is 5.56 Å². The van der Waals surface area contributed by atoms with Crippen LogP contribution in [0.25, 0.3) is 6.08 Å². The summed E-state index contributed by atoms with van der Waals surface area (Å²) in [4.78, 5) is 20.2. The molecule has 0 fully saturated rings. The topological polar surface area (TPSA) is 61.3 Å². The molecular formula is C16H15ClN2O3. The average Bonchev–Trinajstić information content (AvgIpc) is 2.54. The Morgan fingerprint density at radius 1 is 1.32 bits per heavy atom. The van der Waals surface area contributed by atoms with Gasteiger partial charge in [-0.15, -0.1) is 0 Å². The lowest BCUT2D eigenvalue weighted by Crippen LogP contribution is -2.10. The van der Waals surface area contributed by atoms with Crippen molar-refractivity contribution in [2.45, 2.75) is 13.5 Å². The van der Waals surface area contributed by atoms with E-state index in [2.05, 4.69) is 9.97 Å². The second-order valence-electron chi connectivity index (χ2n) is 4.25. The van der Waals surface area contributed by atoms with E-state index in [0.29, 0.717) is 12.3 Å². The van der Waals surface area contributed by atoms with Crippen molar-refractivity contribution in [1.29, 1.82) is 0 Å². The molecule has 0 aliphatic heterocycles. The van der Waals surface area contributed by atoms with E-state index < -0.39 is 5.97 Å². The van der Waals surface area contributed by atoms with Crippen molar-refractivity contribution in [2.24, 2.45) is 0 Å². The normalized spacial score (nSPS) is 10.6. The summed E-state index contributed by atoms with van der Waals surface area (Å²) < 4.78 is 10.3. The standard InChI is InChI=1S/C16H15ClN2O3/c1-2-21-9-8-13-15(18-10-14(17)19-13)16(20)22-11-12-6-4-3-5-7-12/h3-10H,2,11H2,1H3. The summed E-state index contributed by atoms with van der Waals surface area (Å²) in [6.45, 7) is 2.53. The lowest BCUT2D eigenvalue weighted by atomic mass is 10.2. The number of aromatic nitrogens is 2. The lowest BCUT2D eigenvalue weighted by Gasteiger charge is -2.06. The Labute approximate surface area is 133 Å². The molecule has 0 spiro atoms. The largest absolute Gasteiger partial charge is 0.501 e. The van der Waals surface area contributed by atoms with Gasteiger partial charge in [0.2, 0.25) is 0 Å². The van der Waals surface area contributed by atoms with Gasteiger partial charge in [0.15, 0.2) is 5.69 Å². The first-order valence-electron chi connectivity index (χ1n) is 6.72. The fraction of sp³-hybridized carbons (Fsp3) is 0.188. The van der Waals surface area contributed by atoms with E-state index in [-0.39, 0.29) is 17.5 Å². The van der Waals surface area contributed by atoms with Crippen molar-refractivity contribution in [2.75, 3.05) is 6.61 Å². The molecule has 0 unspecified atom stereocenters. The summed E-state index contributed by atoms with van der Waals surface area (Å²) in [5.41, 5.74) is 1.29. The minimum absolute atomic E-state index is 0.0938. The Morgan fingerprint density at radius 3 is 2.82 bits per heavy atom. The molecule has 0 saturated heterocycles. The van der Waals surface area contributed by atoms with E-state index in [9.17, 15) is 4.79 Å². The molecular weight excluding hydrogens is 304 g/mol. The summed E-state index contributed by atoms with van der Waals surface area (Å²) in [6.07, 6.45) is 4.27. The second-order valence-corrected chi connectivity index (χ2v) is 4.63. The van der Waals surface area contributed by atoms with Crippen molar-refractivity contribution in [1.82, 2.24) is 9.97 Å². The zero-order valence-electron chi connectivity index (χ0n) is 12.0. The number of rotatable bonds is 6. The van der Waals surface area contributed by atoms with E-state index in [4.69, 9.17) is 21.1 Å². The minimum atomic E-state index is -0.566. The van der Waals surface area contributed by atoms with Gasteiger partial charge < -0.3 is 9.47 Å². The third-order valence-corrected chi connectivity index (χ3v) is 2.85. The van der Waals surface area contributed by atoms with Gasteiger partial charge in [0.25, 0.3) is 0 Å². The molecule has 0 atom stereocenters. The highest BCUT2D eigenvalue weighted by Gasteiger charge is 2.15. The molecule has 1 aromatic heterocycles. The predicted octanol–water partition coefficient (Wildman–Crippen LogP) is 3.49. The zero-order valence-corrected chi connectivity index (χ0v) is 12.8. The zero-order chi connectivity index (χ0) is 15.8. The molecule has 0 radical (unpaired) electrons. The number of ether oxygens (including phenoxy) is 2. The molecule has 22 heavy (non-hydrogen) atoms. The van der Waals surface area contributed by atoms with Crippen LogP contribution in [0.2, 0.25) is 5.15 Å². The Hall–Kier alpha value is -2.40. The smallest absolute Gasteiger partial charge is 0.359 e. The third kappa shape index (κ3) is 4.56. The quantitative estimate of drug-likeness (QED) is 0.602. The fourth-order valence-corrected chi connectivity index (χ4v) is 1.79. The maximum Gasteiger partial charge on any atom is 0.359 e. The number of esters is 1. The van der Waals surface area contributed by atoms with Crippen molar-refractivity contribution < 1.29 is 14.3 Å². The number of carbonyl (C=O) groups excluding carboxylic acids is 1. The van der Waals surface area contributed by atoms with E-state index in [1.54, 1.807) is 0 Å². The second kappa shape index (κ2) is 8.14. The molecule has 5 nitrogen and oxygen atoms in total. The molecule has 6 heteroatoms. The van der Waals surface area contributed by atoms with Crippen LogP contribution in [0.1, 0.15) is 28.7 Å². The highest BCUT2D eigenvalue weighted by molar-refractivity contribution is 6.29. The van der Waals surface area contributed by atoms with Crippen LogP contribution in [0.5, 0.6) is 0 Å². The number of hydrogen-bond donors (Lipinski definition) is 0. The maximum atomic E-state index is 12.1. The summed E-state index contributed by atoms with van der Waals surface area (Å²) in [6, 6.07) is 9.39. The number of carbonyl (C=O) groups is 1. The molecule has 0 bridgehead atoms. The summed E-state index contributed by atoms with van der Waals surface area (Å²) in [7, 11) is 0. The van der Waals surface area contributed by atoms with Crippen molar-refractivity contribution >= 4 is 23.6 Å². The molecule has 2 rings (SSSR count). The fourth-order valence-electron chi connectivity index (χ4n) is 1.65. The minimum Gasteiger partial charge on any atom is -0.501 e. The van der Waals surface area contributed by atoms with Gasteiger partial charge in [0, 0.05) is 6.08 Å². The van der Waals surface area contributed by atoms with Crippen molar-refractivity contribution in [3.63, 3.8) is 0 Å². The molecule has 114 valence electrons. The van der Waals surface area contributed by atoms with Crippen LogP contribution in [0, 0.1) is 0 Å². The molecule has 0 saturated carbocycles. The van der Waals surface area contributed by atoms with E-state index >= 15 is 0 Å². The van der Waals surface area contributed by atoms with Crippen LogP contribution in [0.4, 0.5) is 0 Å². The van der Waals surface area contributed by atoms with Crippen molar-refractivity contribution in [3.05, 3.63) is 64.9 Å². The van der Waals surface area contributed by atoms with Gasteiger partial charge in [-0.25, -0.2) is 14.8 Å². The average molecular weight is 319 g/mol. The lowest BCUT2D eigenvalue weighted by molar-refractivity contribution is 0.0465. The monoisotopic (exact) mass is 318 g/mol. The number of benzene rings is 1. The molecule has 0 aliphatic carbocycles. The number of halogens is 1. The predicted molar refractivity (Wildman–Crippen MR) is 83.3 cm³/mol. The third-order valence-electron chi connectivity index (χ3n) is 2.66. The highest BCUT2D eigenvalue weighted by atomic mass is 35.5.